The number of carbonyl (C=O) groups is 2. The van der Waals surface area contributed by atoms with Crippen molar-refractivity contribution in [2.45, 2.75) is 0 Å². The van der Waals surface area contributed by atoms with Crippen LogP contribution in [0.1, 0.15) is 5.56 Å². The van der Waals surface area contributed by atoms with Crippen molar-refractivity contribution in [1.29, 1.82) is 0 Å². The van der Waals surface area contributed by atoms with Gasteiger partial charge in [0, 0.05) is 6.08 Å². The molecule has 0 aliphatic rings. The van der Waals surface area contributed by atoms with E-state index in [-0.39, 0.29) is 0 Å². The lowest BCUT2D eigenvalue weighted by Gasteiger charge is -1.92. The smallest absolute Gasteiger partial charge is 0.449 e. The van der Waals surface area contributed by atoms with Gasteiger partial charge in [0.05, 0.1) is 0 Å². The molecule has 4 nitrogen and oxygen atoms in total. The zero-order chi connectivity index (χ0) is 10.4. The van der Waals surface area contributed by atoms with Crippen LogP contribution in [0.3, 0.4) is 0 Å². The third kappa shape index (κ3) is 3.53. The average molecular weight is 192 g/mol. The molecule has 1 N–H and O–H groups in total. The normalized spacial score (nSPS) is 10.0. The molecule has 0 heterocycles. The number of ether oxygens (including phenoxy) is 1. The van der Waals surface area contributed by atoms with Crippen LogP contribution in [0.5, 0.6) is 0 Å². The number of esters is 1. The van der Waals surface area contributed by atoms with Crippen molar-refractivity contribution in [2.24, 2.45) is 0 Å². The van der Waals surface area contributed by atoms with E-state index >= 15 is 0 Å². The second-order valence-electron chi connectivity index (χ2n) is 2.43. The van der Waals surface area contributed by atoms with Crippen molar-refractivity contribution in [3.05, 3.63) is 42.0 Å². The van der Waals surface area contributed by atoms with Gasteiger partial charge in [-0.3, -0.25) is 0 Å². The van der Waals surface area contributed by atoms with Crippen molar-refractivity contribution in [1.82, 2.24) is 0 Å². The molecular weight excluding hydrogens is 184 g/mol. The quantitative estimate of drug-likeness (QED) is 0.441. The van der Waals surface area contributed by atoms with E-state index in [0.717, 1.165) is 11.6 Å². The predicted octanol–water partition coefficient (Wildman–Crippen LogP) is 1.92. The van der Waals surface area contributed by atoms with Crippen molar-refractivity contribution < 1.29 is 19.4 Å². The summed E-state index contributed by atoms with van der Waals surface area (Å²) in [7, 11) is 0. The fourth-order valence-electron chi connectivity index (χ4n) is 0.848. The third-order valence-corrected chi connectivity index (χ3v) is 1.40. The lowest BCUT2D eigenvalue weighted by molar-refractivity contribution is -0.133. The van der Waals surface area contributed by atoms with Gasteiger partial charge in [-0.15, -0.1) is 0 Å². The van der Waals surface area contributed by atoms with Crippen molar-refractivity contribution >= 4 is 18.2 Å². The second-order valence-corrected chi connectivity index (χ2v) is 2.43. The molecule has 0 fully saturated rings. The van der Waals surface area contributed by atoms with E-state index in [1.807, 2.05) is 18.2 Å². The van der Waals surface area contributed by atoms with E-state index in [1.165, 1.54) is 6.08 Å². The molecule has 0 aliphatic carbocycles. The Morgan fingerprint density at radius 1 is 1.21 bits per heavy atom. The Morgan fingerprint density at radius 2 is 1.86 bits per heavy atom. The zero-order valence-electron chi connectivity index (χ0n) is 7.21. The lowest BCUT2D eigenvalue weighted by Crippen LogP contribution is -2.06. The second kappa shape index (κ2) is 4.81. The fourth-order valence-corrected chi connectivity index (χ4v) is 0.848. The molecule has 0 aromatic heterocycles. The maximum Gasteiger partial charge on any atom is 0.513 e. The van der Waals surface area contributed by atoms with E-state index in [0.29, 0.717) is 0 Å². The molecule has 14 heavy (non-hydrogen) atoms. The highest BCUT2D eigenvalue weighted by atomic mass is 16.7. The molecule has 0 radical (unpaired) electrons. The molecule has 0 spiro atoms. The maximum atomic E-state index is 10.7. The molecular formula is C10H8O4. The van der Waals surface area contributed by atoms with Gasteiger partial charge in [-0.05, 0) is 11.6 Å². The Hall–Kier alpha value is -2.10. The van der Waals surface area contributed by atoms with Crippen LogP contribution in [-0.4, -0.2) is 17.2 Å². The summed E-state index contributed by atoms with van der Waals surface area (Å²) in [6.07, 6.45) is 0.932. The van der Waals surface area contributed by atoms with Crippen LogP contribution in [0, 0.1) is 0 Å². The molecule has 0 saturated heterocycles. The zero-order valence-corrected chi connectivity index (χ0v) is 7.21. The van der Waals surface area contributed by atoms with Gasteiger partial charge in [0.15, 0.2) is 0 Å². The highest BCUT2D eigenvalue weighted by molar-refractivity contribution is 5.92. The molecule has 0 atom stereocenters. The fraction of sp³-hybridized carbons (Fsp3) is 0. The SMILES string of the molecule is O=C(O)OC(=O)C=Cc1ccccc1. The largest absolute Gasteiger partial charge is 0.513 e. The maximum absolute atomic E-state index is 10.7. The molecule has 0 aliphatic heterocycles. The van der Waals surface area contributed by atoms with Crippen LogP contribution in [0.15, 0.2) is 36.4 Å². The number of benzene rings is 1. The highest BCUT2D eigenvalue weighted by Gasteiger charge is 2.02. The first-order valence-electron chi connectivity index (χ1n) is 3.86. The van der Waals surface area contributed by atoms with Gasteiger partial charge in [0.1, 0.15) is 0 Å². The monoisotopic (exact) mass is 192 g/mol. The topological polar surface area (TPSA) is 63.6 Å². The molecule has 0 unspecified atom stereocenters. The van der Waals surface area contributed by atoms with Gasteiger partial charge < -0.3 is 9.84 Å². The van der Waals surface area contributed by atoms with Crippen molar-refractivity contribution in [2.75, 3.05) is 0 Å². The van der Waals surface area contributed by atoms with Gasteiger partial charge in [-0.25, -0.2) is 9.59 Å². The first kappa shape index (κ1) is 9.98. The van der Waals surface area contributed by atoms with E-state index in [9.17, 15) is 9.59 Å². The van der Waals surface area contributed by atoms with Crippen LogP contribution in [0.2, 0.25) is 0 Å². The summed E-state index contributed by atoms with van der Waals surface area (Å²) < 4.78 is 3.86. The molecule has 1 aromatic rings. The average Bonchev–Trinajstić information content (AvgIpc) is 2.15. The van der Waals surface area contributed by atoms with E-state index in [1.54, 1.807) is 12.1 Å². The number of carboxylic acid groups (broad SMARTS) is 1. The summed E-state index contributed by atoms with van der Waals surface area (Å²) in [5, 5.41) is 8.10. The Bertz CT molecular complexity index is 354. The van der Waals surface area contributed by atoms with Crippen LogP contribution >= 0.6 is 0 Å². The molecule has 72 valence electrons. The molecule has 4 heteroatoms. The molecule has 1 aromatic carbocycles. The first-order chi connectivity index (χ1) is 6.68. The van der Waals surface area contributed by atoms with Gasteiger partial charge in [0.25, 0.3) is 0 Å². The summed E-state index contributed by atoms with van der Waals surface area (Å²) in [4.78, 5) is 20.7. The third-order valence-electron chi connectivity index (χ3n) is 1.40. The Kier molecular flexibility index (Phi) is 3.43. The summed E-state index contributed by atoms with van der Waals surface area (Å²) in [6.45, 7) is 0. The Morgan fingerprint density at radius 3 is 2.43 bits per heavy atom. The van der Waals surface area contributed by atoms with Gasteiger partial charge in [-0.1, -0.05) is 30.3 Å². The summed E-state index contributed by atoms with van der Waals surface area (Å²) in [5.41, 5.74) is 0.801. The summed E-state index contributed by atoms with van der Waals surface area (Å²) >= 11 is 0. The minimum Gasteiger partial charge on any atom is -0.449 e. The molecule has 0 saturated carbocycles. The van der Waals surface area contributed by atoms with Crippen LogP contribution in [-0.2, 0) is 9.53 Å². The van der Waals surface area contributed by atoms with Gasteiger partial charge in [0.2, 0.25) is 0 Å². The van der Waals surface area contributed by atoms with Gasteiger partial charge in [-0.2, -0.15) is 0 Å². The minimum atomic E-state index is -1.60. The Labute approximate surface area is 80.4 Å². The summed E-state index contributed by atoms with van der Waals surface area (Å²) in [6, 6.07) is 9.02. The molecule has 0 amide bonds. The summed E-state index contributed by atoms with van der Waals surface area (Å²) in [5.74, 6) is -0.902. The first-order valence-corrected chi connectivity index (χ1v) is 3.86. The number of rotatable bonds is 2. The Balaban J connectivity index is 2.56. The molecule has 0 bridgehead atoms. The number of hydrogen-bond acceptors (Lipinski definition) is 3. The predicted molar refractivity (Wildman–Crippen MR) is 49.6 cm³/mol. The van der Waals surface area contributed by atoms with Crippen LogP contribution in [0.25, 0.3) is 6.08 Å². The van der Waals surface area contributed by atoms with Crippen molar-refractivity contribution in [3.63, 3.8) is 0 Å². The number of hydrogen-bond donors (Lipinski definition) is 1. The standard InChI is InChI=1S/C10H8O4/c11-9(14-10(12)13)7-6-8-4-2-1-3-5-8/h1-7H,(H,12,13). The minimum absolute atomic E-state index is 0.801. The van der Waals surface area contributed by atoms with E-state index in [2.05, 4.69) is 4.74 Å². The van der Waals surface area contributed by atoms with Gasteiger partial charge >= 0.3 is 12.1 Å². The van der Waals surface area contributed by atoms with Crippen LogP contribution < -0.4 is 0 Å². The lowest BCUT2D eigenvalue weighted by atomic mass is 10.2. The number of carbonyl (C=O) groups excluding carboxylic acids is 1. The highest BCUT2D eigenvalue weighted by Crippen LogP contribution is 2.00. The van der Waals surface area contributed by atoms with E-state index in [4.69, 9.17) is 5.11 Å². The van der Waals surface area contributed by atoms with Crippen LogP contribution in [0.4, 0.5) is 4.79 Å². The molecule has 1 rings (SSSR count). The van der Waals surface area contributed by atoms with Crippen molar-refractivity contribution in [3.8, 4) is 0 Å². The van der Waals surface area contributed by atoms with E-state index < -0.39 is 12.1 Å².